The van der Waals surface area contributed by atoms with Gasteiger partial charge in [-0.2, -0.15) is 0 Å². The Bertz CT molecular complexity index is 1140. The van der Waals surface area contributed by atoms with Crippen molar-refractivity contribution < 1.29 is 23.4 Å². The lowest BCUT2D eigenvalue weighted by Crippen LogP contribution is -2.30. The fourth-order valence-corrected chi connectivity index (χ4v) is 3.57. The van der Waals surface area contributed by atoms with Crippen LogP contribution in [-0.4, -0.2) is 32.3 Å². The predicted octanol–water partition coefficient (Wildman–Crippen LogP) is 4.28. The molecule has 7 nitrogen and oxygen atoms in total. The summed E-state index contributed by atoms with van der Waals surface area (Å²) in [4.78, 5) is 24.0. The Kier molecular flexibility index (Phi) is 8.75. The standard InChI is InChI=1S/C26H31NO6/c1-4-7-19-15-26(29)33-23-16-20(9-10-21(19)23)32-17-25(28)27-13-12-18-8-11-22(30-5-2)24(14-18)31-6-3/h8-11,14-16H,4-7,12-13,17H2,1-3H3,(H,27,28). The molecule has 0 saturated carbocycles. The zero-order valence-electron chi connectivity index (χ0n) is 19.4. The van der Waals surface area contributed by atoms with E-state index in [9.17, 15) is 9.59 Å². The van der Waals surface area contributed by atoms with Gasteiger partial charge >= 0.3 is 5.63 Å². The van der Waals surface area contributed by atoms with Crippen molar-refractivity contribution in [2.75, 3.05) is 26.4 Å². The predicted molar refractivity (Wildman–Crippen MR) is 127 cm³/mol. The van der Waals surface area contributed by atoms with E-state index in [4.69, 9.17) is 18.6 Å². The molecule has 0 spiro atoms. The van der Waals surface area contributed by atoms with Gasteiger partial charge in [-0.15, -0.1) is 0 Å². The molecule has 33 heavy (non-hydrogen) atoms. The number of benzene rings is 2. The van der Waals surface area contributed by atoms with Gasteiger partial charge in [0.05, 0.1) is 13.2 Å². The molecule has 0 radical (unpaired) electrons. The molecule has 0 saturated heterocycles. The average Bonchev–Trinajstić information content (AvgIpc) is 2.79. The molecule has 7 heteroatoms. The monoisotopic (exact) mass is 453 g/mol. The van der Waals surface area contributed by atoms with Gasteiger partial charge in [-0.1, -0.05) is 19.4 Å². The van der Waals surface area contributed by atoms with Gasteiger partial charge in [0.2, 0.25) is 0 Å². The quantitative estimate of drug-likeness (QED) is 0.412. The molecule has 0 aliphatic heterocycles. The molecule has 2 aromatic carbocycles. The van der Waals surface area contributed by atoms with Crippen LogP contribution in [0.1, 0.15) is 38.3 Å². The maximum Gasteiger partial charge on any atom is 0.336 e. The highest BCUT2D eigenvalue weighted by molar-refractivity contribution is 5.82. The van der Waals surface area contributed by atoms with E-state index in [-0.39, 0.29) is 18.1 Å². The Morgan fingerprint density at radius 3 is 2.45 bits per heavy atom. The van der Waals surface area contributed by atoms with E-state index < -0.39 is 0 Å². The number of ether oxygens (including phenoxy) is 3. The lowest BCUT2D eigenvalue weighted by atomic mass is 10.1. The van der Waals surface area contributed by atoms with Crippen molar-refractivity contribution >= 4 is 16.9 Å². The summed E-state index contributed by atoms with van der Waals surface area (Å²) < 4.78 is 22.1. The second-order valence-corrected chi connectivity index (χ2v) is 7.53. The Balaban J connectivity index is 1.53. The molecule has 0 atom stereocenters. The molecular formula is C26H31NO6. The van der Waals surface area contributed by atoms with Crippen molar-refractivity contribution in [3.63, 3.8) is 0 Å². The summed E-state index contributed by atoms with van der Waals surface area (Å²) in [5, 5.41) is 3.74. The summed E-state index contributed by atoms with van der Waals surface area (Å²) in [6, 6.07) is 12.6. The third-order valence-electron chi connectivity index (χ3n) is 5.03. The van der Waals surface area contributed by atoms with E-state index in [1.54, 1.807) is 12.1 Å². The number of hydrogen-bond acceptors (Lipinski definition) is 6. The van der Waals surface area contributed by atoms with Gasteiger partial charge in [0, 0.05) is 24.1 Å². The second kappa shape index (κ2) is 11.9. The number of nitrogens with one attached hydrogen (secondary N) is 1. The Labute approximate surface area is 193 Å². The van der Waals surface area contributed by atoms with Crippen LogP contribution in [0.3, 0.4) is 0 Å². The molecule has 3 rings (SSSR count). The maximum atomic E-state index is 12.2. The first-order valence-corrected chi connectivity index (χ1v) is 11.4. The van der Waals surface area contributed by atoms with Crippen molar-refractivity contribution in [2.45, 2.75) is 40.0 Å². The molecule has 0 fully saturated rings. The fraction of sp³-hybridized carbons (Fsp3) is 0.385. The summed E-state index contributed by atoms with van der Waals surface area (Å²) in [6.07, 6.45) is 2.38. The second-order valence-electron chi connectivity index (χ2n) is 7.53. The first kappa shape index (κ1) is 24.2. The Morgan fingerprint density at radius 2 is 1.70 bits per heavy atom. The first-order valence-electron chi connectivity index (χ1n) is 11.4. The number of aryl methyl sites for hydroxylation is 1. The molecule has 176 valence electrons. The molecule has 0 unspecified atom stereocenters. The van der Waals surface area contributed by atoms with Crippen molar-refractivity contribution in [2.24, 2.45) is 0 Å². The number of amides is 1. The summed E-state index contributed by atoms with van der Waals surface area (Å²) in [5.41, 5.74) is 2.07. The van der Waals surface area contributed by atoms with E-state index >= 15 is 0 Å². The summed E-state index contributed by atoms with van der Waals surface area (Å²) in [6.45, 7) is 7.38. The van der Waals surface area contributed by atoms with Crippen LogP contribution in [-0.2, 0) is 17.6 Å². The molecule has 0 aliphatic carbocycles. The average molecular weight is 454 g/mol. The molecule has 1 heterocycles. The van der Waals surface area contributed by atoms with Gasteiger partial charge < -0.3 is 23.9 Å². The smallest absolute Gasteiger partial charge is 0.336 e. The highest BCUT2D eigenvalue weighted by Crippen LogP contribution is 2.28. The number of carbonyl (C=O) groups excluding carboxylic acids is 1. The van der Waals surface area contributed by atoms with Crippen LogP contribution in [0.25, 0.3) is 11.0 Å². The highest BCUT2D eigenvalue weighted by atomic mass is 16.5. The van der Waals surface area contributed by atoms with Crippen LogP contribution >= 0.6 is 0 Å². The van der Waals surface area contributed by atoms with Crippen LogP contribution in [0.2, 0.25) is 0 Å². The van der Waals surface area contributed by atoms with Gasteiger partial charge in [-0.3, -0.25) is 4.79 Å². The Morgan fingerprint density at radius 1 is 0.909 bits per heavy atom. The molecule has 0 bridgehead atoms. The maximum absolute atomic E-state index is 12.2. The minimum Gasteiger partial charge on any atom is -0.490 e. The van der Waals surface area contributed by atoms with Crippen molar-refractivity contribution in [1.82, 2.24) is 5.32 Å². The minimum absolute atomic E-state index is 0.127. The van der Waals surface area contributed by atoms with E-state index in [0.717, 1.165) is 29.4 Å². The number of rotatable bonds is 12. The van der Waals surface area contributed by atoms with Gasteiger partial charge in [0.1, 0.15) is 11.3 Å². The molecule has 0 aliphatic rings. The van der Waals surface area contributed by atoms with Crippen molar-refractivity contribution in [3.8, 4) is 17.2 Å². The normalized spacial score (nSPS) is 10.8. The number of fused-ring (bicyclic) bond motifs is 1. The van der Waals surface area contributed by atoms with Crippen LogP contribution in [0.4, 0.5) is 0 Å². The minimum atomic E-state index is -0.386. The largest absolute Gasteiger partial charge is 0.490 e. The molecule has 1 N–H and O–H groups in total. The Hall–Kier alpha value is -3.48. The zero-order valence-corrected chi connectivity index (χ0v) is 19.4. The van der Waals surface area contributed by atoms with E-state index in [1.807, 2.05) is 38.1 Å². The molecule has 1 aromatic heterocycles. The van der Waals surface area contributed by atoms with Gasteiger partial charge in [0.25, 0.3) is 5.91 Å². The van der Waals surface area contributed by atoms with E-state index in [2.05, 4.69) is 12.2 Å². The highest BCUT2D eigenvalue weighted by Gasteiger charge is 2.09. The third-order valence-corrected chi connectivity index (χ3v) is 5.03. The van der Waals surface area contributed by atoms with Gasteiger partial charge in [-0.05, 0) is 62.1 Å². The van der Waals surface area contributed by atoms with Crippen molar-refractivity contribution in [1.29, 1.82) is 0 Å². The van der Waals surface area contributed by atoms with E-state index in [1.165, 1.54) is 6.07 Å². The molecule has 3 aromatic rings. The zero-order chi connectivity index (χ0) is 23.6. The van der Waals surface area contributed by atoms with Crippen LogP contribution in [0.15, 0.2) is 51.7 Å². The third kappa shape index (κ3) is 6.75. The SMILES string of the molecule is CCCc1cc(=O)oc2cc(OCC(=O)NCCc3ccc(OCC)c(OCC)c3)ccc12. The fourth-order valence-electron chi connectivity index (χ4n) is 3.57. The topological polar surface area (TPSA) is 87.0 Å². The summed E-state index contributed by atoms with van der Waals surface area (Å²) in [7, 11) is 0. The lowest BCUT2D eigenvalue weighted by molar-refractivity contribution is -0.123. The lowest BCUT2D eigenvalue weighted by Gasteiger charge is -2.13. The van der Waals surface area contributed by atoms with Gasteiger partial charge in [-0.25, -0.2) is 4.79 Å². The van der Waals surface area contributed by atoms with Gasteiger partial charge in [0.15, 0.2) is 18.1 Å². The molecular weight excluding hydrogens is 422 g/mol. The molecule has 1 amide bonds. The van der Waals surface area contributed by atoms with Crippen LogP contribution in [0, 0.1) is 0 Å². The van der Waals surface area contributed by atoms with Crippen LogP contribution in [0.5, 0.6) is 17.2 Å². The van der Waals surface area contributed by atoms with E-state index in [0.29, 0.717) is 49.0 Å². The van der Waals surface area contributed by atoms with Crippen LogP contribution < -0.4 is 25.2 Å². The summed E-state index contributed by atoms with van der Waals surface area (Å²) in [5.74, 6) is 1.67. The number of carbonyl (C=O) groups is 1. The first-order chi connectivity index (χ1) is 16.0. The van der Waals surface area contributed by atoms with Crippen molar-refractivity contribution in [3.05, 3.63) is 64.0 Å². The number of hydrogen-bond donors (Lipinski definition) is 1. The summed E-state index contributed by atoms with van der Waals surface area (Å²) >= 11 is 0.